The summed E-state index contributed by atoms with van der Waals surface area (Å²) < 4.78 is 0.720. The summed E-state index contributed by atoms with van der Waals surface area (Å²) >= 11 is 8.54. The van der Waals surface area contributed by atoms with E-state index < -0.39 is 0 Å². The summed E-state index contributed by atoms with van der Waals surface area (Å²) in [5, 5.41) is 0. The van der Waals surface area contributed by atoms with Crippen LogP contribution in [-0.4, -0.2) is 21.7 Å². The summed E-state index contributed by atoms with van der Waals surface area (Å²) in [6, 6.07) is 4.14. The Kier molecular flexibility index (Phi) is 4.82. The van der Waals surface area contributed by atoms with Crippen molar-refractivity contribution >= 4 is 51.6 Å². The third-order valence-corrected chi connectivity index (χ3v) is 6.47. The quantitative estimate of drug-likeness (QED) is 0.579. The number of hydrogen-bond donors (Lipinski definition) is 0. The zero-order valence-electron chi connectivity index (χ0n) is 12.1. The summed E-state index contributed by atoms with van der Waals surface area (Å²) in [5.74, 6) is 0.882. The zero-order chi connectivity index (χ0) is 14.8. The summed E-state index contributed by atoms with van der Waals surface area (Å²) in [4.78, 5) is 17.4. The monoisotopic (exact) mass is 337 g/mol. The largest absolute Gasteiger partial charge is 0.293 e. The number of rotatable bonds is 4. The molecule has 0 atom stereocenters. The molecule has 2 fully saturated rings. The van der Waals surface area contributed by atoms with Gasteiger partial charge in [0.2, 0.25) is 0 Å². The Morgan fingerprint density at radius 2 is 2.14 bits per heavy atom. The van der Waals surface area contributed by atoms with Crippen LogP contribution in [0.3, 0.4) is 0 Å². The van der Waals surface area contributed by atoms with Gasteiger partial charge in [0.1, 0.15) is 4.32 Å². The molecule has 0 aromatic carbocycles. The molecule has 1 aromatic heterocycles. The van der Waals surface area contributed by atoms with Crippen LogP contribution in [0.5, 0.6) is 0 Å². The number of carbonyl (C=O) groups is 1. The zero-order valence-corrected chi connectivity index (χ0v) is 14.6. The normalized spacial score (nSPS) is 22.0. The van der Waals surface area contributed by atoms with Crippen molar-refractivity contribution in [3.05, 3.63) is 26.8 Å². The van der Waals surface area contributed by atoms with E-state index in [9.17, 15) is 4.79 Å². The highest BCUT2D eigenvalue weighted by molar-refractivity contribution is 8.26. The van der Waals surface area contributed by atoms with Crippen LogP contribution in [0.2, 0.25) is 0 Å². The van der Waals surface area contributed by atoms with Crippen molar-refractivity contribution in [3.63, 3.8) is 0 Å². The van der Waals surface area contributed by atoms with Crippen LogP contribution in [0, 0.1) is 12.8 Å². The average Bonchev–Trinajstić information content (AvgIpc) is 3.14. The number of aryl methyl sites for hydroxylation is 1. The highest BCUT2D eigenvalue weighted by Gasteiger charge is 2.32. The van der Waals surface area contributed by atoms with E-state index in [2.05, 4.69) is 19.1 Å². The minimum Gasteiger partial charge on any atom is -0.293 e. The Bertz CT molecular complexity index is 584. The number of hydrogen-bond acceptors (Lipinski definition) is 4. The second kappa shape index (κ2) is 6.63. The van der Waals surface area contributed by atoms with E-state index in [0.717, 1.165) is 33.0 Å². The van der Waals surface area contributed by atoms with E-state index in [1.54, 1.807) is 16.2 Å². The third-order valence-electron chi connectivity index (χ3n) is 4.14. The minimum absolute atomic E-state index is 0.0917. The maximum atomic E-state index is 12.5. The number of amides is 1. The minimum atomic E-state index is 0.0917. The molecule has 1 aromatic rings. The Hall–Kier alpha value is -0.650. The van der Waals surface area contributed by atoms with Crippen LogP contribution in [0.4, 0.5) is 0 Å². The molecule has 1 saturated heterocycles. The second-order valence-electron chi connectivity index (χ2n) is 5.72. The predicted molar refractivity (Wildman–Crippen MR) is 95.5 cm³/mol. The molecule has 112 valence electrons. The van der Waals surface area contributed by atoms with Gasteiger partial charge < -0.3 is 0 Å². The van der Waals surface area contributed by atoms with Gasteiger partial charge in [-0.05, 0) is 37.5 Å². The molecular formula is C16H19NOS3. The fraction of sp³-hybridized carbons (Fsp3) is 0.500. The Labute approximate surface area is 139 Å². The van der Waals surface area contributed by atoms with Crippen LogP contribution < -0.4 is 0 Å². The Morgan fingerprint density at radius 1 is 1.38 bits per heavy atom. The molecule has 2 nitrogen and oxygen atoms in total. The van der Waals surface area contributed by atoms with Crippen molar-refractivity contribution in [3.8, 4) is 0 Å². The lowest BCUT2D eigenvalue weighted by Crippen LogP contribution is -2.30. The van der Waals surface area contributed by atoms with E-state index in [-0.39, 0.29) is 5.91 Å². The van der Waals surface area contributed by atoms with E-state index in [1.807, 2.05) is 6.08 Å². The lowest BCUT2D eigenvalue weighted by atomic mass is 10.0. The van der Waals surface area contributed by atoms with E-state index in [1.165, 1.54) is 42.3 Å². The smallest absolute Gasteiger partial charge is 0.266 e. The van der Waals surface area contributed by atoms with Gasteiger partial charge in [0.25, 0.3) is 5.91 Å². The first-order valence-corrected chi connectivity index (χ1v) is 9.49. The molecule has 0 bridgehead atoms. The molecule has 2 heterocycles. The number of nitrogens with zero attached hydrogens (tertiary/aromatic N) is 1. The fourth-order valence-electron chi connectivity index (χ4n) is 2.96. The van der Waals surface area contributed by atoms with Crippen LogP contribution in [0.1, 0.15) is 41.9 Å². The highest BCUT2D eigenvalue weighted by atomic mass is 32.2. The van der Waals surface area contributed by atoms with Crippen molar-refractivity contribution in [1.82, 2.24) is 4.90 Å². The highest BCUT2D eigenvalue weighted by Crippen LogP contribution is 2.35. The first kappa shape index (κ1) is 15.3. The van der Waals surface area contributed by atoms with Crippen LogP contribution in [-0.2, 0) is 4.79 Å². The maximum absolute atomic E-state index is 12.5. The molecule has 0 spiro atoms. The lowest BCUT2D eigenvalue weighted by molar-refractivity contribution is -0.122. The third kappa shape index (κ3) is 3.58. The number of thioether (sulfide) groups is 1. The first-order chi connectivity index (χ1) is 10.1. The first-order valence-electron chi connectivity index (χ1n) is 7.45. The Morgan fingerprint density at radius 3 is 2.81 bits per heavy atom. The summed E-state index contributed by atoms with van der Waals surface area (Å²) in [5.41, 5.74) is 0. The second-order valence-corrected chi connectivity index (χ2v) is 8.72. The molecule has 0 radical (unpaired) electrons. The standard InChI is InChI=1S/C16H19NOS3/c1-11-6-7-13(20-11)10-14-15(18)17(16(19)21-14)9-8-12-4-2-3-5-12/h6-7,10,12H,2-5,8-9H2,1H3/b14-10-. The van der Waals surface area contributed by atoms with E-state index in [0.29, 0.717) is 0 Å². The van der Waals surface area contributed by atoms with Gasteiger partial charge in [-0.1, -0.05) is 49.7 Å². The maximum Gasteiger partial charge on any atom is 0.266 e. The van der Waals surface area contributed by atoms with Gasteiger partial charge in [0.15, 0.2) is 0 Å². The van der Waals surface area contributed by atoms with Gasteiger partial charge in [-0.2, -0.15) is 0 Å². The molecule has 5 heteroatoms. The van der Waals surface area contributed by atoms with Gasteiger partial charge in [0, 0.05) is 16.3 Å². The molecule has 2 aliphatic rings. The molecule has 1 aliphatic carbocycles. The van der Waals surface area contributed by atoms with Gasteiger partial charge in [-0.25, -0.2) is 0 Å². The fourth-order valence-corrected chi connectivity index (χ4v) is 5.16. The van der Waals surface area contributed by atoms with Gasteiger partial charge >= 0.3 is 0 Å². The average molecular weight is 338 g/mol. The van der Waals surface area contributed by atoms with Gasteiger partial charge in [-0.3, -0.25) is 9.69 Å². The molecule has 0 unspecified atom stereocenters. The SMILES string of the molecule is Cc1ccc(/C=C2\SC(=S)N(CCC3CCCC3)C2=O)s1. The Balaban J connectivity index is 1.65. The summed E-state index contributed by atoms with van der Waals surface area (Å²) in [6.07, 6.45) is 8.41. The summed E-state index contributed by atoms with van der Waals surface area (Å²) in [7, 11) is 0. The number of carbonyl (C=O) groups excluding carboxylic acids is 1. The topological polar surface area (TPSA) is 20.3 Å². The van der Waals surface area contributed by atoms with Crippen LogP contribution in [0.15, 0.2) is 17.0 Å². The van der Waals surface area contributed by atoms with Crippen molar-refractivity contribution < 1.29 is 4.79 Å². The lowest BCUT2D eigenvalue weighted by Gasteiger charge is -2.17. The molecule has 1 aliphatic heterocycles. The molecule has 0 N–H and O–H groups in total. The van der Waals surface area contributed by atoms with Gasteiger partial charge in [0.05, 0.1) is 4.91 Å². The number of thiocarbonyl (C=S) groups is 1. The van der Waals surface area contributed by atoms with E-state index in [4.69, 9.17) is 12.2 Å². The van der Waals surface area contributed by atoms with Crippen molar-refractivity contribution in [2.75, 3.05) is 6.54 Å². The van der Waals surface area contributed by atoms with Crippen molar-refractivity contribution in [2.24, 2.45) is 5.92 Å². The van der Waals surface area contributed by atoms with Gasteiger partial charge in [-0.15, -0.1) is 11.3 Å². The molecule has 3 rings (SSSR count). The predicted octanol–water partition coefficient (Wildman–Crippen LogP) is 4.84. The molecule has 1 saturated carbocycles. The van der Waals surface area contributed by atoms with E-state index >= 15 is 0 Å². The molecule has 21 heavy (non-hydrogen) atoms. The van der Waals surface area contributed by atoms with Crippen LogP contribution >= 0.6 is 35.3 Å². The van der Waals surface area contributed by atoms with Crippen LogP contribution in [0.25, 0.3) is 6.08 Å². The molecule has 1 amide bonds. The van der Waals surface area contributed by atoms with Crippen molar-refractivity contribution in [1.29, 1.82) is 0 Å². The summed E-state index contributed by atoms with van der Waals surface area (Å²) in [6.45, 7) is 2.87. The number of thiophene rings is 1. The van der Waals surface area contributed by atoms with Crippen molar-refractivity contribution in [2.45, 2.75) is 39.0 Å². The molecular weight excluding hydrogens is 318 g/mol.